The third kappa shape index (κ3) is 4.76. The van der Waals surface area contributed by atoms with Gasteiger partial charge in [-0.05, 0) is 62.3 Å². The van der Waals surface area contributed by atoms with Crippen molar-refractivity contribution in [2.24, 2.45) is 5.92 Å². The number of hydrogen-bond donors (Lipinski definition) is 1. The summed E-state index contributed by atoms with van der Waals surface area (Å²) in [7, 11) is -3.86. The third-order valence-electron chi connectivity index (χ3n) is 7.41. The highest BCUT2D eigenvalue weighted by Gasteiger charge is 2.29. The summed E-state index contributed by atoms with van der Waals surface area (Å²) in [5.41, 5.74) is 1.82. The van der Waals surface area contributed by atoms with Crippen LogP contribution in [0.5, 0.6) is 0 Å². The van der Waals surface area contributed by atoms with Crippen LogP contribution in [-0.2, 0) is 26.7 Å². The van der Waals surface area contributed by atoms with Gasteiger partial charge < -0.3 is 14.6 Å². The zero-order valence-corrected chi connectivity index (χ0v) is 21.5. The van der Waals surface area contributed by atoms with E-state index in [4.69, 9.17) is 9.72 Å². The first-order valence-corrected chi connectivity index (χ1v) is 14.0. The number of hydrogen-bond acceptors (Lipinski definition) is 5. The zero-order chi connectivity index (χ0) is 24.8. The SMILES string of the molecule is CCC(C)(C)c1nc2cc(S(=O)(=O)n3ccc(C(=O)NC4CC4)c3)ccc2n1CC1CCOCC1. The molecule has 1 amide bonds. The van der Waals surface area contributed by atoms with Gasteiger partial charge >= 0.3 is 0 Å². The fourth-order valence-corrected chi connectivity index (χ4v) is 5.81. The van der Waals surface area contributed by atoms with E-state index >= 15 is 0 Å². The summed E-state index contributed by atoms with van der Waals surface area (Å²) >= 11 is 0. The number of nitrogens with zero attached hydrogens (tertiary/aromatic N) is 3. The molecule has 1 N–H and O–H groups in total. The smallest absolute Gasteiger partial charge is 0.267 e. The van der Waals surface area contributed by atoms with Crippen LogP contribution in [0.1, 0.15) is 69.1 Å². The number of ether oxygens (including phenoxy) is 1. The molecule has 1 aliphatic carbocycles. The molecule has 0 atom stereocenters. The topological polar surface area (TPSA) is 95.2 Å². The molecule has 3 aromatic rings. The molecule has 1 saturated heterocycles. The van der Waals surface area contributed by atoms with Crippen LogP contribution in [0.25, 0.3) is 11.0 Å². The fraction of sp³-hybridized carbons (Fsp3) is 0.538. The quantitative estimate of drug-likeness (QED) is 0.505. The second-order valence-corrected chi connectivity index (χ2v) is 12.3. The van der Waals surface area contributed by atoms with Gasteiger partial charge in [0.2, 0.25) is 0 Å². The Morgan fingerprint density at radius 1 is 1.17 bits per heavy atom. The number of amides is 1. The Labute approximate surface area is 206 Å². The van der Waals surface area contributed by atoms with Gasteiger partial charge in [-0.1, -0.05) is 20.8 Å². The Morgan fingerprint density at radius 3 is 2.60 bits per heavy atom. The Bertz CT molecular complexity index is 1340. The second kappa shape index (κ2) is 9.09. The number of nitrogens with one attached hydrogen (secondary N) is 1. The molecule has 0 unspecified atom stereocenters. The van der Waals surface area contributed by atoms with Gasteiger partial charge in [0.1, 0.15) is 5.82 Å². The van der Waals surface area contributed by atoms with Crippen molar-refractivity contribution >= 4 is 27.0 Å². The van der Waals surface area contributed by atoms with Gasteiger partial charge in [-0.25, -0.2) is 17.4 Å². The van der Waals surface area contributed by atoms with Crippen LogP contribution in [0.2, 0.25) is 0 Å². The van der Waals surface area contributed by atoms with Crippen molar-refractivity contribution in [3.05, 3.63) is 48.0 Å². The Balaban J connectivity index is 1.50. The Hall–Kier alpha value is -2.65. The molecule has 9 heteroatoms. The van der Waals surface area contributed by atoms with Crippen LogP contribution in [0.3, 0.4) is 0 Å². The summed E-state index contributed by atoms with van der Waals surface area (Å²) in [4.78, 5) is 17.4. The van der Waals surface area contributed by atoms with E-state index in [1.54, 1.807) is 12.1 Å². The Morgan fingerprint density at radius 2 is 1.91 bits per heavy atom. The molecule has 35 heavy (non-hydrogen) atoms. The van der Waals surface area contributed by atoms with Crippen molar-refractivity contribution < 1.29 is 17.9 Å². The minimum atomic E-state index is -3.86. The molecule has 3 heterocycles. The number of benzene rings is 1. The standard InChI is InChI=1S/C26H34N4O4S/c1-4-26(2,3)25-28-22-15-21(7-8-23(22)30(25)16-18-10-13-34-14-11-18)35(32,33)29-12-9-19(17-29)24(31)27-20-5-6-20/h7-9,12,15,17-18,20H,4-6,10-11,13-14,16H2,1-3H3,(H,27,31). The number of fused-ring (bicyclic) bond motifs is 1. The minimum absolute atomic E-state index is 0.145. The van der Waals surface area contributed by atoms with Gasteiger partial charge in [-0.15, -0.1) is 0 Å². The molecule has 1 aliphatic heterocycles. The van der Waals surface area contributed by atoms with Gasteiger partial charge in [-0.3, -0.25) is 4.79 Å². The van der Waals surface area contributed by atoms with E-state index in [2.05, 4.69) is 30.7 Å². The van der Waals surface area contributed by atoms with Gasteiger partial charge in [0.25, 0.3) is 15.9 Å². The number of aromatic nitrogens is 3. The highest BCUT2D eigenvalue weighted by molar-refractivity contribution is 7.90. The van der Waals surface area contributed by atoms with Crippen LogP contribution in [0.4, 0.5) is 0 Å². The van der Waals surface area contributed by atoms with E-state index in [0.717, 1.165) is 67.2 Å². The third-order valence-corrected chi connectivity index (χ3v) is 9.04. The highest BCUT2D eigenvalue weighted by atomic mass is 32.2. The molecule has 188 valence electrons. The van der Waals surface area contributed by atoms with Gasteiger partial charge in [0.05, 0.1) is 21.5 Å². The lowest BCUT2D eigenvalue weighted by atomic mass is 9.89. The van der Waals surface area contributed by atoms with E-state index in [1.807, 2.05) is 6.07 Å². The molecule has 2 fully saturated rings. The normalized spacial score (nSPS) is 17.7. The fourth-order valence-electron chi connectivity index (χ4n) is 4.60. The van der Waals surface area contributed by atoms with Crippen molar-refractivity contribution in [3.63, 3.8) is 0 Å². The van der Waals surface area contributed by atoms with E-state index < -0.39 is 10.0 Å². The molecule has 0 bridgehead atoms. The first-order valence-electron chi connectivity index (χ1n) is 12.5. The average molecular weight is 499 g/mol. The Kier molecular flexibility index (Phi) is 6.25. The zero-order valence-electron chi connectivity index (χ0n) is 20.7. The van der Waals surface area contributed by atoms with Crippen molar-refractivity contribution in [2.75, 3.05) is 13.2 Å². The molecule has 2 aliphatic rings. The maximum Gasteiger partial charge on any atom is 0.267 e. The van der Waals surface area contributed by atoms with Gasteiger partial charge in [0.15, 0.2) is 0 Å². The van der Waals surface area contributed by atoms with E-state index in [9.17, 15) is 13.2 Å². The summed E-state index contributed by atoms with van der Waals surface area (Å²) in [6.07, 6.45) is 7.71. The minimum Gasteiger partial charge on any atom is -0.381 e. The summed E-state index contributed by atoms with van der Waals surface area (Å²) in [5.74, 6) is 1.25. The maximum atomic E-state index is 13.4. The van der Waals surface area contributed by atoms with E-state index in [1.165, 1.54) is 18.5 Å². The second-order valence-electron chi connectivity index (χ2n) is 10.5. The lowest BCUT2D eigenvalue weighted by molar-refractivity contribution is 0.0610. The molecular formula is C26H34N4O4S. The largest absolute Gasteiger partial charge is 0.381 e. The molecule has 0 spiro atoms. The number of carbonyl (C=O) groups excluding carboxylic acids is 1. The number of carbonyl (C=O) groups is 1. The first-order chi connectivity index (χ1) is 16.7. The predicted octanol–water partition coefficient (Wildman–Crippen LogP) is 4.08. The van der Waals surface area contributed by atoms with Gasteiger partial charge in [-0.2, -0.15) is 0 Å². The number of rotatable bonds is 8. The molecule has 8 nitrogen and oxygen atoms in total. The van der Waals surface area contributed by atoms with Crippen LogP contribution >= 0.6 is 0 Å². The molecule has 1 aromatic carbocycles. The number of imidazole rings is 1. The summed E-state index contributed by atoms with van der Waals surface area (Å²) in [5, 5.41) is 2.89. The van der Waals surface area contributed by atoms with E-state index in [-0.39, 0.29) is 22.3 Å². The van der Waals surface area contributed by atoms with Crippen LogP contribution in [0, 0.1) is 5.92 Å². The van der Waals surface area contributed by atoms with Crippen molar-refractivity contribution in [1.29, 1.82) is 0 Å². The summed E-state index contributed by atoms with van der Waals surface area (Å²) < 4.78 is 35.7. The van der Waals surface area contributed by atoms with Crippen molar-refractivity contribution in [3.8, 4) is 0 Å². The molecule has 0 radical (unpaired) electrons. The molecule has 1 saturated carbocycles. The summed E-state index contributed by atoms with van der Waals surface area (Å²) in [6.45, 7) is 8.92. The maximum absolute atomic E-state index is 13.4. The monoisotopic (exact) mass is 498 g/mol. The van der Waals surface area contributed by atoms with Gasteiger partial charge in [0, 0.05) is 43.6 Å². The lowest BCUT2D eigenvalue weighted by Crippen LogP contribution is -2.26. The van der Waals surface area contributed by atoms with Crippen LogP contribution < -0.4 is 5.32 Å². The predicted molar refractivity (Wildman–Crippen MR) is 134 cm³/mol. The average Bonchev–Trinajstić information content (AvgIpc) is 3.37. The highest BCUT2D eigenvalue weighted by Crippen LogP contribution is 2.33. The van der Waals surface area contributed by atoms with Crippen molar-refractivity contribution in [1.82, 2.24) is 18.8 Å². The van der Waals surface area contributed by atoms with Crippen LogP contribution in [0.15, 0.2) is 41.6 Å². The molecule has 5 rings (SSSR count). The molecular weight excluding hydrogens is 464 g/mol. The lowest BCUT2D eigenvalue weighted by Gasteiger charge is -2.28. The van der Waals surface area contributed by atoms with E-state index in [0.29, 0.717) is 17.0 Å². The van der Waals surface area contributed by atoms with Crippen LogP contribution in [-0.4, -0.2) is 47.1 Å². The molecule has 2 aromatic heterocycles. The first kappa shape index (κ1) is 24.1. The summed E-state index contributed by atoms with van der Waals surface area (Å²) in [6, 6.07) is 6.92. The van der Waals surface area contributed by atoms with Crippen molar-refractivity contribution in [2.45, 2.75) is 75.8 Å².